The van der Waals surface area contributed by atoms with E-state index in [1.807, 2.05) is 0 Å². The molecule has 0 spiro atoms. The summed E-state index contributed by atoms with van der Waals surface area (Å²) in [5.41, 5.74) is 0.310. The first-order chi connectivity index (χ1) is 10.7. The van der Waals surface area contributed by atoms with E-state index in [1.165, 1.54) is 6.07 Å². The van der Waals surface area contributed by atoms with Crippen LogP contribution in [0.25, 0.3) is 11.0 Å². The lowest BCUT2D eigenvalue weighted by Gasteiger charge is -2.34. The van der Waals surface area contributed by atoms with Crippen LogP contribution in [-0.2, 0) is 14.8 Å². The van der Waals surface area contributed by atoms with Crippen molar-refractivity contribution < 1.29 is 31.5 Å². The van der Waals surface area contributed by atoms with Crippen LogP contribution in [0.3, 0.4) is 0 Å². The fraction of sp³-hybridized carbons (Fsp3) is 0.357. The molecular weight excluding hydrogens is 332 g/mol. The van der Waals surface area contributed by atoms with E-state index in [9.17, 15) is 22.0 Å². The number of halogens is 2. The van der Waals surface area contributed by atoms with E-state index in [4.69, 9.17) is 9.52 Å². The zero-order valence-corrected chi connectivity index (χ0v) is 12.6. The maximum atomic E-state index is 13.7. The van der Waals surface area contributed by atoms with Gasteiger partial charge >= 0.3 is 5.97 Å². The van der Waals surface area contributed by atoms with Crippen molar-refractivity contribution in [2.45, 2.75) is 17.4 Å². The molecule has 1 saturated heterocycles. The highest BCUT2D eigenvalue weighted by Gasteiger charge is 2.47. The summed E-state index contributed by atoms with van der Waals surface area (Å²) in [4.78, 5) is 11.0. The highest BCUT2D eigenvalue weighted by Crippen LogP contribution is 2.34. The van der Waals surface area contributed by atoms with Gasteiger partial charge < -0.3 is 9.52 Å². The Bertz CT molecular complexity index is 828. The summed E-state index contributed by atoms with van der Waals surface area (Å²) >= 11 is 0. The number of sulfonamides is 1. The van der Waals surface area contributed by atoms with Gasteiger partial charge in [0, 0.05) is 24.4 Å². The number of carboxylic acid groups (broad SMARTS) is 1. The van der Waals surface area contributed by atoms with E-state index in [0.717, 1.165) is 0 Å². The van der Waals surface area contributed by atoms with Crippen molar-refractivity contribution in [1.29, 1.82) is 0 Å². The third-order valence-electron chi connectivity index (χ3n) is 3.72. The Balaban J connectivity index is 1.99. The Morgan fingerprint density at radius 3 is 2.70 bits per heavy atom. The molecule has 1 atom stereocenters. The number of rotatable bonds is 3. The van der Waals surface area contributed by atoms with Gasteiger partial charge in [-0.3, -0.25) is 4.79 Å². The Hall–Kier alpha value is -2.00. The van der Waals surface area contributed by atoms with Crippen molar-refractivity contribution in [3.63, 3.8) is 0 Å². The van der Waals surface area contributed by atoms with Crippen molar-refractivity contribution in [3.05, 3.63) is 30.3 Å². The molecule has 2 aromatic rings. The Morgan fingerprint density at radius 2 is 2.04 bits per heavy atom. The van der Waals surface area contributed by atoms with E-state index in [0.29, 0.717) is 15.3 Å². The van der Waals surface area contributed by atoms with Crippen LogP contribution >= 0.6 is 0 Å². The maximum Gasteiger partial charge on any atom is 0.308 e. The van der Waals surface area contributed by atoms with Crippen LogP contribution < -0.4 is 0 Å². The van der Waals surface area contributed by atoms with Gasteiger partial charge in [-0.05, 0) is 6.07 Å². The number of aliphatic carboxylic acids is 1. The Kier molecular flexibility index (Phi) is 3.64. The molecule has 0 amide bonds. The highest BCUT2D eigenvalue weighted by molar-refractivity contribution is 7.89. The smallest absolute Gasteiger partial charge is 0.308 e. The number of fused-ring (bicyclic) bond motifs is 1. The maximum absolute atomic E-state index is 13.7. The standard InChI is InChI=1S/C14H13F2NO5S/c15-14(16)6-10(13(18)19)7-17(8-14)23(20,21)12-5-9-3-1-2-4-11(9)22-12/h1-5,10H,6-8H2,(H,18,19). The molecule has 2 heterocycles. The lowest BCUT2D eigenvalue weighted by molar-refractivity contribution is -0.150. The first kappa shape index (κ1) is 15.9. The summed E-state index contributed by atoms with van der Waals surface area (Å²) in [5, 5.41) is 9.01. The summed E-state index contributed by atoms with van der Waals surface area (Å²) in [7, 11) is -4.34. The third kappa shape index (κ3) is 2.93. The molecule has 0 bridgehead atoms. The topological polar surface area (TPSA) is 87.8 Å². The van der Waals surface area contributed by atoms with Crippen molar-refractivity contribution in [3.8, 4) is 0 Å². The molecule has 1 N–H and O–H groups in total. The minimum atomic E-state index is -4.34. The molecule has 1 fully saturated rings. The van der Waals surface area contributed by atoms with Gasteiger partial charge in [0.15, 0.2) is 0 Å². The van der Waals surface area contributed by atoms with E-state index in [-0.39, 0.29) is 0 Å². The van der Waals surface area contributed by atoms with Gasteiger partial charge in [0.25, 0.3) is 15.9 Å². The van der Waals surface area contributed by atoms with Gasteiger partial charge in [-0.15, -0.1) is 0 Å². The highest BCUT2D eigenvalue weighted by atomic mass is 32.2. The van der Waals surface area contributed by atoms with Gasteiger partial charge in [0.1, 0.15) is 5.58 Å². The monoisotopic (exact) mass is 345 g/mol. The lowest BCUT2D eigenvalue weighted by atomic mass is 9.97. The quantitative estimate of drug-likeness (QED) is 0.921. The third-order valence-corrected chi connectivity index (χ3v) is 5.39. The fourth-order valence-electron chi connectivity index (χ4n) is 2.62. The fourth-order valence-corrected chi connectivity index (χ4v) is 4.08. The minimum Gasteiger partial charge on any atom is -0.481 e. The van der Waals surface area contributed by atoms with Crippen molar-refractivity contribution in [2.24, 2.45) is 5.92 Å². The zero-order chi connectivity index (χ0) is 16.8. The molecule has 0 aliphatic carbocycles. The molecule has 1 aromatic heterocycles. The van der Waals surface area contributed by atoms with Gasteiger partial charge in [-0.25, -0.2) is 17.2 Å². The second kappa shape index (κ2) is 5.27. The van der Waals surface area contributed by atoms with Crippen molar-refractivity contribution >= 4 is 27.0 Å². The van der Waals surface area contributed by atoms with Crippen LogP contribution in [0.4, 0.5) is 8.78 Å². The number of piperidine rings is 1. The van der Waals surface area contributed by atoms with Crippen LogP contribution in [0.5, 0.6) is 0 Å². The molecule has 0 saturated carbocycles. The van der Waals surface area contributed by atoms with Crippen LogP contribution in [0.15, 0.2) is 39.8 Å². The molecule has 1 aromatic carbocycles. The predicted molar refractivity (Wildman–Crippen MR) is 75.7 cm³/mol. The molecule has 9 heteroatoms. The van der Waals surface area contributed by atoms with Crippen LogP contribution in [0, 0.1) is 5.92 Å². The number of furan rings is 1. The summed E-state index contributed by atoms with van der Waals surface area (Å²) < 4.78 is 58.2. The van der Waals surface area contributed by atoms with Gasteiger partial charge in [0.05, 0.1) is 12.5 Å². The van der Waals surface area contributed by atoms with Gasteiger partial charge in [-0.2, -0.15) is 4.31 Å². The molecule has 3 rings (SSSR count). The number of alkyl halides is 2. The predicted octanol–water partition coefficient (Wildman–Crippen LogP) is 2.16. The van der Waals surface area contributed by atoms with Crippen LogP contribution in [0.1, 0.15) is 6.42 Å². The Morgan fingerprint density at radius 1 is 1.35 bits per heavy atom. The SMILES string of the molecule is O=C(O)C1CN(S(=O)(=O)c2cc3ccccc3o2)CC(F)(F)C1. The molecule has 1 aliphatic heterocycles. The summed E-state index contributed by atoms with van der Waals surface area (Å²) in [6.45, 7) is -1.57. The molecule has 6 nitrogen and oxygen atoms in total. The molecule has 0 radical (unpaired) electrons. The molecule has 1 aliphatic rings. The number of carbonyl (C=O) groups is 1. The zero-order valence-electron chi connectivity index (χ0n) is 11.8. The van der Waals surface area contributed by atoms with E-state index < -0.39 is 52.4 Å². The number of nitrogens with zero attached hydrogens (tertiary/aromatic N) is 1. The largest absolute Gasteiger partial charge is 0.481 e. The van der Waals surface area contributed by atoms with Gasteiger partial charge in [-0.1, -0.05) is 18.2 Å². The molecule has 23 heavy (non-hydrogen) atoms. The number of carboxylic acids is 1. The van der Waals surface area contributed by atoms with Gasteiger partial charge in [0.2, 0.25) is 5.09 Å². The van der Waals surface area contributed by atoms with Crippen molar-refractivity contribution in [2.75, 3.05) is 13.1 Å². The summed E-state index contributed by atoms with van der Waals surface area (Å²) in [6.07, 6.45) is -0.880. The average molecular weight is 345 g/mol. The van der Waals surface area contributed by atoms with Crippen molar-refractivity contribution in [1.82, 2.24) is 4.31 Å². The van der Waals surface area contributed by atoms with Crippen LogP contribution in [0.2, 0.25) is 0 Å². The molecular formula is C14H13F2NO5S. The number of hydrogen-bond donors (Lipinski definition) is 1. The lowest BCUT2D eigenvalue weighted by Crippen LogP contribution is -2.51. The number of hydrogen-bond acceptors (Lipinski definition) is 4. The first-order valence-electron chi connectivity index (χ1n) is 6.78. The number of benzene rings is 1. The molecule has 1 unspecified atom stereocenters. The summed E-state index contributed by atoms with van der Waals surface area (Å²) in [5.74, 6) is -6.31. The Labute approximate surface area is 130 Å². The second-order valence-electron chi connectivity index (χ2n) is 5.50. The van der Waals surface area contributed by atoms with E-state index in [1.54, 1.807) is 24.3 Å². The van der Waals surface area contributed by atoms with E-state index >= 15 is 0 Å². The molecule has 124 valence electrons. The normalized spacial score (nSPS) is 22.3. The minimum absolute atomic E-state index is 0.310. The summed E-state index contributed by atoms with van der Waals surface area (Å²) in [6, 6.07) is 7.76. The average Bonchev–Trinajstić information content (AvgIpc) is 2.90. The number of para-hydroxylation sites is 1. The van der Waals surface area contributed by atoms with E-state index in [2.05, 4.69) is 0 Å². The second-order valence-corrected chi connectivity index (χ2v) is 7.36. The first-order valence-corrected chi connectivity index (χ1v) is 8.22. The van der Waals surface area contributed by atoms with Crippen LogP contribution in [-0.4, -0.2) is 42.8 Å².